The van der Waals surface area contributed by atoms with Gasteiger partial charge in [0.2, 0.25) is 0 Å². The van der Waals surface area contributed by atoms with Crippen molar-refractivity contribution in [1.82, 2.24) is 0 Å². The largest absolute Gasteiger partial charge is 0.495 e. The smallest absolute Gasteiger partial charge is 0.164 e. The van der Waals surface area contributed by atoms with Crippen LogP contribution in [-0.2, 0) is 0 Å². The molecule has 0 amide bonds. The third-order valence-electron chi connectivity index (χ3n) is 3.11. The predicted octanol–water partition coefficient (Wildman–Crippen LogP) is 3.62. The maximum atomic E-state index is 12.2. The monoisotopic (exact) mass is 289 g/mol. The molecule has 2 aromatic rings. The number of benzene rings is 2. The molecule has 0 heterocycles. The highest BCUT2D eigenvalue weighted by molar-refractivity contribution is 6.32. The molecule has 0 bridgehead atoms. The van der Waals surface area contributed by atoms with E-state index >= 15 is 0 Å². The van der Waals surface area contributed by atoms with Crippen molar-refractivity contribution in [3.8, 4) is 5.75 Å². The standard InChI is InChI=1S/C16H16ClNO2/c1-20-16-9-12(7-8-13(16)17)15(19)10-14(18)11-5-3-2-4-6-11/h2-9,14H,10,18H2,1H3. The number of Topliss-reactive ketones (excluding diaryl/α,β-unsaturated/α-hetero) is 1. The number of rotatable bonds is 5. The van der Waals surface area contributed by atoms with Gasteiger partial charge < -0.3 is 10.5 Å². The predicted molar refractivity (Wildman–Crippen MR) is 80.3 cm³/mol. The molecule has 2 N–H and O–H groups in total. The van der Waals surface area contributed by atoms with E-state index in [9.17, 15) is 4.79 Å². The van der Waals surface area contributed by atoms with Crippen molar-refractivity contribution < 1.29 is 9.53 Å². The van der Waals surface area contributed by atoms with Crippen LogP contribution < -0.4 is 10.5 Å². The number of ketones is 1. The van der Waals surface area contributed by atoms with E-state index in [1.807, 2.05) is 30.3 Å². The summed E-state index contributed by atoms with van der Waals surface area (Å²) in [6.45, 7) is 0. The second-order valence-corrected chi connectivity index (χ2v) is 4.90. The van der Waals surface area contributed by atoms with E-state index in [0.717, 1.165) is 5.56 Å². The molecule has 104 valence electrons. The van der Waals surface area contributed by atoms with Crippen molar-refractivity contribution in [2.75, 3.05) is 7.11 Å². The first-order valence-electron chi connectivity index (χ1n) is 6.29. The average molecular weight is 290 g/mol. The Morgan fingerprint density at radius 3 is 2.60 bits per heavy atom. The molecule has 0 saturated carbocycles. The zero-order valence-electron chi connectivity index (χ0n) is 11.2. The molecule has 2 rings (SSSR count). The Labute approximate surface area is 123 Å². The van der Waals surface area contributed by atoms with E-state index in [1.165, 1.54) is 7.11 Å². The summed E-state index contributed by atoms with van der Waals surface area (Å²) >= 11 is 5.94. The molecule has 0 aliphatic rings. The molecule has 0 saturated heterocycles. The van der Waals surface area contributed by atoms with Gasteiger partial charge >= 0.3 is 0 Å². The topological polar surface area (TPSA) is 52.3 Å². The van der Waals surface area contributed by atoms with Crippen molar-refractivity contribution in [1.29, 1.82) is 0 Å². The van der Waals surface area contributed by atoms with E-state index in [4.69, 9.17) is 22.1 Å². The Morgan fingerprint density at radius 1 is 1.25 bits per heavy atom. The molecule has 0 fully saturated rings. The van der Waals surface area contributed by atoms with Crippen molar-refractivity contribution in [2.45, 2.75) is 12.5 Å². The summed E-state index contributed by atoms with van der Waals surface area (Å²) in [5.74, 6) is 0.460. The van der Waals surface area contributed by atoms with Gasteiger partial charge in [-0.05, 0) is 23.8 Å². The average Bonchev–Trinajstić information content (AvgIpc) is 2.48. The van der Waals surface area contributed by atoms with Gasteiger partial charge in [0.1, 0.15) is 5.75 Å². The summed E-state index contributed by atoms with van der Waals surface area (Å²) in [4.78, 5) is 12.2. The molecule has 1 unspecified atom stereocenters. The number of nitrogens with two attached hydrogens (primary N) is 1. The maximum absolute atomic E-state index is 12.2. The second kappa shape index (κ2) is 6.55. The minimum absolute atomic E-state index is 0.0312. The van der Waals surface area contributed by atoms with Crippen molar-refractivity contribution >= 4 is 17.4 Å². The van der Waals surface area contributed by atoms with Crippen LogP contribution in [0.15, 0.2) is 48.5 Å². The highest BCUT2D eigenvalue weighted by Gasteiger charge is 2.14. The number of ether oxygens (including phenoxy) is 1. The first-order chi connectivity index (χ1) is 9.61. The lowest BCUT2D eigenvalue weighted by Crippen LogP contribution is -2.15. The Kier molecular flexibility index (Phi) is 4.77. The molecule has 2 aromatic carbocycles. The van der Waals surface area contributed by atoms with Gasteiger partial charge in [-0.15, -0.1) is 0 Å². The Bertz CT molecular complexity index is 599. The van der Waals surface area contributed by atoms with Gasteiger partial charge in [-0.1, -0.05) is 41.9 Å². The molecular formula is C16H16ClNO2. The number of hydrogen-bond donors (Lipinski definition) is 1. The number of halogens is 1. The highest BCUT2D eigenvalue weighted by atomic mass is 35.5. The lowest BCUT2D eigenvalue weighted by molar-refractivity contribution is 0.0974. The Hall–Kier alpha value is -1.84. The van der Waals surface area contributed by atoms with E-state index in [0.29, 0.717) is 16.3 Å². The van der Waals surface area contributed by atoms with Crippen LogP contribution in [0.25, 0.3) is 0 Å². The van der Waals surface area contributed by atoms with Gasteiger partial charge in [0, 0.05) is 18.0 Å². The fourth-order valence-electron chi connectivity index (χ4n) is 1.97. The number of hydrogen-bond acceptors (Lipinski definition) is 3. The van der Waals surface area contributed by atoms with Crippen LogP contribution in [0.2, 0.25) is 5.02 Å². The number of carbonyl (C=O) groups excluding carboxylic acids is 1. The molecule has 20 heavy (non-hydrogen) atoms. The first-order valence-corrected chi connectivity index (χ1v) is 6.67. The van der Waals surface area contributed by atoms with Crippen molar-refractivity contribution in [3.05, 3.63) is 64.7 Å². The molecule has 1 atom stereocenters. The van der Waals surface area contributed by atoms with Gasteiger partial charge in [-0.2, -0.15) is 0 Å². The lowest BCUT2D eigenvalue weighted by atomic mass is 9.98. The number of carbonyl (C=O) groups is 1. The van der Waals surface area contributed by atoms with Gasteiger partial charge in [0.25, 0.3) is 0 Å². The number of methoxy groups -OCH3 is 1. The minimum Gasteiger partial charge on any atom is -0.495 e. The molecule has 0 aliphatic heterocycles. The molecule has 0 spiro atoms. The van der Waals surface area contributed by atoms with Crippen LogP contribution in [0.3, 0.4) is 0 Å². The summed E-state index contributed by atoms with van der Waals surface area (Å²) in [6, 6.07) is 14.2. The van der Waals surface area contributed by atoms with Gasteiger partial charge in [0.15, 0.2) is 5.78 Å². The molecule has 3 nitrogen and oxygen atoms in total. The summed E-state index contributed by atoms with van der Waals surface area (Å²) in [5, 5.41) is 0.483. The first kappa shape index (κ1) is 14.6. The molecule has 0 aliphatic carbocycles. The van der Waals surface area contributed by atoms with Crippen LogP contribution in [0, 0.1) is 0 Å². The van der Waals surface area contributed by atoms with E-state index in [-0.39, 0.29) is 18.2 Å². The quantitative estimate of drug-likeness (QED) is 0.855. The van der Waals surface area contributed by atoms with E-state index in [1.54, 1.807) is 18.2 Å². The third kappa shape index (κ3) is 3.38. The van der Waals surface area contributed by atoms with Gasteiger partial charge in [0.05, 0.1) is 12.1 Å². The summed E-state index contributed by atoms with van der Waals surface area (Å²) < 4.78 is 5.11. The maximum Gasteiger partial charge on any atom is 0.164 e. The fourth-order valence-corrected chi connectivity index (χ4v) is 2.16. The van der Waals surface area contributed by atoms with Crippen LogP contribution in [0.5, 0.6) is 5.75 Å². The fraction of sp³-hybridized carbons (Fsp3) is 0.188. The van der Waals surface area contributed by atoms with Crippen molar-refractivity contribution in [3.63, 3.8) is 0 Å². The van der Waals surface area contributed by atoms with Gasteiger partial charge in [-0.3, -0.25) is 4.79 Å². The molecule has 0 aromatic heterocycles. The highest BCUT2D eigenvalue weighted by Crippen LogP contribution is 2.26. The molecular weight excluding hydrogens is 274 g/mol. The Morgan fingerprint density at radius 2 is 1.95 bits per heavy atom. The Balaban J connectivity index is 2.12. The summed E-state index contributed by atoms with van der Waals surface area (Å²) in [5.41, 5.74) is 7.56. The van der Waals surface area contributed by atoms with Crippen LogP contribution >= 0.6 is 11.6 Å². The second-order valence-electron chi connectivity index (χ2n) is 4.49. The normalized spacial score (nSPS) is 11.9. The van der Waals surface area contributed by atoms with Crippen molar-refractivity contribution in [2.24, 2.45) is 5.73 Å². The van der Waals surface area contributed by atoms with E-state index in [2.05, 4.69) is 0 Å². The van der Waals surface area contributed by atoms with Crippen LogP contribution in [-0.4, -0.2) is 12.9 Å². The minimum atomic E-state index is -0.314. The summed E-state index contributed by atoms with van der Waals surface area (Å²) in [6.07, 6.45) is 0.245. The van der Waals surface area contributed by atoms with Crippen LogP contribution in [0.4, 0.5) is 0 Å². The zero-order chi connectivity index (χ0) is 14.5. The lowest BCUT2D eigenvalue weighted by Gasteiger charge is -2.12. The van der Waals surface area contributed by atoms with E-state index < -0.39 is 0 Å². The van der Waals surface area contributed by atoms with Crippen LogP contribution in [0.1, 0.15) is 28.4 Å². The SMILES string of the molecule is COc1cc(C(=O)CC(N)c2ccccc2)ccc1Cl. The molecule has 0 radical (unpaired) electrons. The van der Waals surface area contributed by atoms with Gasteiger partial charge in [-0.25, -0.2) is 0 Å². The third-order valence-corrected chi connectivity index (χ3v) is 3.42. The molecule has 4 heteroatoms. The zero-order valence-corrected chi connectivity index (χ0v) is 11.9. The summed E-state index contributed by atoms with van der Waals surface area (Å²) in [7, 11) is 1.52.